The SMILES string of the molecule is CCOC(=O)N1c2ccccc2[C@]2([N+](=O)[O-])CN(Cc3ccccc3)C[C@H]12. The maximum Gasteiger partial charge on any atom is 0.414 e. The number of likely N-dealkylation sites (tertiary alicyclic amines) is 1. The topological polar surface area (TPSA) is 75.9 Å². The molecule has 0 radical (unpaired) electrons. The van der Waals surface area contributed by atoms with Crippen LogP contribution in [0.1, 0.15) is 18.1 Å². The zero-order valence-electron chi connectivity index (χ0n) is 15.1. The molecule has 1 saturated heterocycles. The molecule has 2 aromatic carbocycles. The van der Waals surface area contributed by atoms with Crippen molar-refractivity contribution in [2.75, 3.05) is 24.6 Å². The van der Waals surface area contributed by atoms with E-state index in [1.165, 1.54) is 4.90 Å². The lowest BCUT2D eigenvalue weighted by atomic mass is 9.89. The molecule has 0 bridgehead atoms. The van der Waals surface area contributed by atoms with Gasteiger partial charge in [-0.1, -0.05) is 42.5 Å². The predicted octanol–water partition coefficient (Wildman–Crippen LogP) is 3.02. The molecule has 1 fully saturated rings. The first kappa shape index (κ1) is 17.5. The Labute approximate surface area is 157 Å². The summed E-state index contributed by atoms with van der Waals surface area (Å²) in [4.78, 5) is 28.2. The number of ether oxygens (including phenoxy) is 1. The van der Waals surface area contributed by atoms with Gasteiger partial charge in [0.05, 0.1) is 24.4 Å². The molecule has 2 heterocycles. The number of carbonyl (C=O) groups is 1. The van der Waals surface area contributed by atoms with Crippen LogP contribution in [0.25, 0.3) is 0 Å². The standard InChI is InChI=1S/C20H21N3O4/c1-2-27-19(24)22-17-11-7-6-10-16(17)20(23(25)26)14-21(13-18(20)22)12-15-8-4-3-5-9-15/h3-11,18H,2,12-14H2,1H3/t18-,20+/m0/s1. The Bertz CT molecular complexity index is 873. The van der Waals surface area contributed by atoms with E-state index in [2.05, 4.69) is 0 Å². The van der Waals surface area contributed by atoms with Crippen LogP contribution in [0.4, 0.5) is 10.5 Å². The van der Waals surface area contributed by atoms with Gasteiger partial charge in [-0.05, 0) is 24.6 Å². The van der Waals surface area contributed by atoms with Gasteiger partial charge in [0.1, 0.15) is 6.04 Å². The molecule has 2 aromatic rings. The fraction of sp³-hybridized carbons (Fsp3) is 0.350. The third-order valence-corrected chi connectivity index (χ3v) is 5.43. The van der Waals surface area contributed by atoms with Crippen molar-refractivity contribution in [2.24, 2.45) is 0 Å². The summed E-state index contributed by atoms with van der Waals surface area (Å²) in [7, 11) is 0. The number of fused-ring (bicyclic) bond motifs is 3. The summed E-state index contributed by atoms with van der Waals surface area (Å²) in [5.41, 5.74) is 0.922. The zero-order chi connectivity index (χ0) is 19.0. The third-order valence-electron chi connectivity index (χ3n) is 5.43. The first-order valence-corrected chi connectivity index (χ1v) is 9.04. The highest BCUT2D eigenvalue weighted by atomic mass is 16.6. The molecule has 0 N–H and O–H groups in total. The highest BCUT2D eigenvalue weighted by Gasteiger charge is 2.67. The van der Waals surface area contributed by atoms with Crippen LogP contribution in [-0.4, -0.2) is 41.7 Å². The van der Waals surface area contributed by atoms with Gasteiger partial charge in [0.15, 0.2) is 0 Å². The van der Waals surface area contributed by atoms with Gasteiger partial charge in [-0.2, -0.15) is 0 Å². The number of nitro groups is 1. The number of benzene rings is 2. The molecule has 0 unspecified atom stereocenters. The summed E-state index contributed by atoms with van der Waals surface area (Å²) in [6.07, 6.45) is -0.528. The van der Waals surface area contributed by atoms with E-state index < -0.39 is 17.7 Å². The molecule has 0 aromatic heterocycles. The maximum absolute atomic E-state index is 12.6. The van der Waals surface area contributed by atoms with E-state index in [9.17, 15) is 14.9 Å². The Balaban J connectivity index is 1.74. The van der Waals surface area contributed by atoms with Crippen molar-refractivity contribution < 1.29 is 14.5 Å². The largest absolute Gasteiger partial charge is 0.449 e. The van der Waals surface area contributed by atoms with Crippen LogP contribution in [0.3, 0.4) is 0 Å². The summed E-state index contributed by atoms with van der Waals surface area (Å²) in [6.45, 7) is 3.24. The Morgan fingerprint density at radius 3 is 2.63 bits per heavy atom. The van der Waals surface area contributed by atoms with Crippen LogP contribution in [-0.2, 0) is 16.8 Å². The molecule has 2 aliphatic rings. The molecular formula is C20H21N3O4. The fourth-order valence-electron chi connectivity index (χ4n) is 4.34. The molecule has 27 heavy (non-hydrogen) atoms. The lowest BCUT2D eigenvalue weighted by Crippen LogP contribution is -2.51. The summed E-state index contributed by atoms with van der Waals surface area (Å²) < 4.78 is 5.21. The van der Waals surface area contributed by atoms with Gasteiger partial charge < -0.3 is 4.74 Å². The molecule has 7 nitrogen and oxygen atoms in total. The van der Waals surface area contributed by atoms with Crippen molar-refractivity contribution in [3.8, 4) is 0 Å². The number of hydrogen-bond donors (Lipinski definition) is 0. The van der Waals surface area contributed by atoms with Crippen molar-refractivity contribution in [1.29, 1.82) is 0 Å². The highest BCUT2D eigenvalue weighted by molar-refractivity contribution is 5.92. The van der Waals surface area contributed by atoms with E-state index in [0.29, 0.717) is 24.3 Å². The van der Waals surface area contributed by atoms with Gasteiger partial charge in [0, 0.05) is 18.0 Å². The van der Waals surface area contributed by atoms with Gasteiger partial charge in [-0.15, -0.1) is 0 Å². The summed E-state index contributed by atoms with van der Waals surface area (Å²) >= 11 is 0. The van der Waals surface area contributed by atoms with E-state index in [4.69, 9.17) is 4.74 Å². The van der Waals surface area contributed by atoms with Gasteiger partial charge in [0.2, 0.25) is 0 Å². The Hall–Kier alpha value is -2.93. The molecule has 2 atom stereocenters. The molecule has 7 heteroatoms. The van der Waals surface area contributed by atoms with Crippen LogP contribution in [0.2, 0.25) is 0 Å². The van der Waals surface area contributed by atoms with Crippen LogP contribution < -0.4 is 4.90 Å². The number of rotatable bonds is 4. The molecule has 2 aliphatic heterocycles. The Kier molecular flexibility index (Phi) is 4.31. The molecule has 0 aliphatic carbocycles. The lowest BCUT2D eigenvalue weighted by Gasteiger charge is -2.25. The van der Waals surface area contributed by atoms with Crippen LogP contribution in [0, 0.1) is 10.1 Å². The Morgan fingerprint density at radius 1 is 1.22 bits per heavy atom. The van der Waals surface area contributed by atoms with Gasteiger partial charge in [0.25, 0.3) is 5.54 Å². The average Bonchev–Trinajstić information content (AvgIpc) is 3.15. The number of para-hydroxylation sites is 1. The van der Waals surface area contributed by atoms with Crippen LogP contribution >= 0.6 is 0 Å². The maximum atomic E-state index is 12.6. The number of hydrogen-bond acceptors (Lipinski definition) is 5. The van der Waals surface area contributed by atoms with Gasteiger partial charge >= 0.3 is 6.09 Å². The van der Waals surface area contributed by atoms with Gasteiger partial charge in [-0.25, -0.2) is 4.79 Å². The van der Waals surface area contributed by atoms with Crippen molar-refractivity contribution >= 4 is 11.8 Å². The molecule has 0 saturated carbocycles. The normalized spacial score (nSPS) is 23.7. The van der Waals surface area contributed by atoms with E-state index in [-0.39, 0.29) is 18.1 Å². The molecule has 140 valence electrons. The quantitative estimate of drug-likeness (QED) is 0.613. The Morgan fingerprint density at radius 2 is 1.93 bits per heavy atom. The van der Waals surface area contributed by atoms with Gasteiger partial charge in [-0.3, -0.25) is 19.9 Å². The van der Waals surface area contributed by atoms with Crippen LogP contribution in [0.5, 0.6) is 0 Å². The predicted molar refractivity (Wildman–Crippen MR) is 100 cm³/mol. The minimum Gasteiger partial charge on any atom is -0.449 e. The summed E-state index contributed by atoms with van der Waals surface area (Å²) in [6, 6.07) is 16.4. The summed E-state index contributed by atoms with van der Waals surface area (Å²) in [5, 5.41) is 12.3. The van der Waals surface area contributed by atoms with Crippen molar-refractivity contribution in [2.45, 2.75) is 25.0 Å². The number of nitrogens with zero attached hydrogens (tertiary/aromatic N) is 3. The van der Waals surface area contributed by atoms with Crippen molar-refractivity contribution in [1.82, 2.24) is 4.90 Å². The first-order valence-electron chi connectivity index (χ1n) is 9.04. The number of carbonyl (C=O) groups excluding carboxylic acids is 1. The summed E-state index contributed by atoms with van der Waals surface area (Å²) in [5.74, 6) is 0. The number of amides is 1. The second kappa shape index (κ2) is 6.66. The highest BCUT2D eigenvalue weighted by Crippen LogP contribution is 2.50. The smallest absolute Gasteiger partial charge is 0.414 e. The van der Waals surface area contributed by atoms with Crippen molar-refractivity contribution in [3.63, 3.8) is 0 Å². The van der Waals surface area contributed by atoms with E-state index in [1.54, 1.807) is 31.2 Å². The van der Waals surface area contributed by atoms with E-state index in [0.717, 1.165) is 5.56 Å². The lowest BCUT2D eigenvalue weighted by molar-refractivity contribution is -0.575. The van der Waals surface area contributed by atoms with E-state index in [1.807, 2.05) is 35.2 Å². The van der Waals surface area contributed by atoms with E-state index >= 15 is 0 Å². The number of anilines is 1. The minimum atomic E-state index is -1.34. The molecule has 0 spiro atoms. The average molecular weight is 367 g/mol. The molecule has 1 amide bonds. The molecular weight excluding hydrogens is 346 g/mol. The van der Waals surface area contributed by atoms with Crippen molar-refractivity contribution in [3.05, 3.63) is 75.8 Å². The second-order valence-corrected chi connectivity index (χ2v) is 6.94. The monoisotopic (exact) mass is 367 g/mol. The first-order chi connectivity index (χ1) is 13.1. The minimum absolute atomic E-state index is 0.222. The fourth-order valence-corrected chi connectivity index (χ4v) is 4.34. The van der Waals surface area contributed by atoms with Crippen LogP contribution in [0.15, 0.2) is 54.6 Å². The molecule has 4 rings (SSSR count). The third kappa shape index (κ3) is 2.66. The zero-order valence-corrected chi connectivity index (χ0v) is 15.1. The second-order valence-electron chi connectivity index (χ2n) is 6.94.